The third-order valence-corrected chi connectivity index (χ3v) is 5.37. The molecule has 0 amide bonds. The summed E-state index contributed by atoms with van der Waals surface area (Å²) in [6, 6.07) is 13.3. The summed E-state index contributed by atoms with van der Waals surface area (Å²) in [6.45, 7) is 0. The van der Waals surface area contributed by atoms with Gasteiger partial charge in [0.2, 0.25) is 10.0 Å². The van der Waals surface area contributed by atoms with Crippen molar-refractivity contribution >= 4 is 21.7 Å². The van der Waals surface area contributed by atoms with Crippen LogP contribution in [-0.4, -0.2) is 19.5 Å². The maximum atomic E-state index is 11.0. The van der Waals surface area contributed by atoms with Gasteiger partial charge in [0.05, 0.1) is 17.9 Å². The van der Waals surface area contributed by atoms with E-state index in [0.29, 0.717) is 5.69 Å². The van der Waals surface area contributed by atoms with Gasteiger partial charge in [-0.3, -0.25) is 9.52 Å². The third-order valence-electron chi connectivity index (χ3n) is 4.15. The Morgan fingerprint density at radius 1 is 1.04 bits per heavy atom. The van der Waals surface area contributed by atoms with Crippen molar-refractivity contribution in [3.63, 3.8) is 0 Å². The predicted octanol–water partition coefficient (Wildman–Crippen LogP) is 2.74. The monoisotopic (exact) mass is 345 g/mol. The van der Waals surface area contributed by atoms with Gasteiger partial charge in [-0.05, 0) is 47.6 Å². The molecular weight excluding hydrogens is 326 g/mol. The third kappa shape index (κ3) is 3.94. The van der Waals surface area contributed by atoms with Crippen molar-refractivity contribution in [2.24, 2.45) is 0 Å². The minimum absolute atomic E-state index is 0.114. The Kier molecular flexibility index (Phi) is 4.57. The number of nitrogens with one attached hydrogen (secondary N) is 1. The first-order valence-electron chi connectivity index (χ1n) is 7.84. The smallest absolute Gasteiger partial charge is 0.307 e. The molecule has 0 aromatic heterocycles. The first kappa shape index (κ1) is 16.5. The van der Waals surface area contributed by atoms with Gasteiger partial charge in [-0.2, -0.15) is 0 Å². The van der Waals surface area contributed by atoms with Gasteiger partial charge in [0.15, 0.2) is 0 Å². The van der Waals surface area contributed by atoms with Crippen LogP contribution in [0.4, 0.5) is 5.69 Å². The van der Waals surface area contributed by atoms with Crippen LogP contribution in [0.2, 0.25) is 0 Å². The first-order chi connectivity index (χ1) is 11.4. The van der Waals surface area contributed by atoms with E-state index in [1.807, 2.05) is 30.3 Å². The Morgan fingerprint density at radius 2 is 1.79 bits per heavy atom. The summed E-state index contributed by atoms with van der Waals surface area (Å²) in [6.07, 6.45) is 3.63. The highest BCUT2D eigenvalue weighted by atomic mass is 32.2. The fraction of sp³-hybridized carbons (Fsp3) is 0.278. The van der Waals surface area contributed by atoms with E-state index in [-0.39, 0.29) is 12.2 Å². The lowest BCUT2D eigenvalue weighted by Gasteiger charge is -2.01. The second kappa shape index (κ2) is 6.65. The molecule has 1 heterocycles. The van der Waals surface area contributed by atoms with E-state index in [4.69, 9.17) is 5.11 Å². The van der Waals surface area contributed by atoms with Crippen LogP contribution >= 0.6 is 0 Å². The van der Waals surface area contributed by atoms with Gasteiger partial charge >= 0.3 is 5.97 Å². The van der Waals surface area contributed by atoms with E-state index in [2.05, 4.69) is 10.8 Å². The zero-order valence-corrected chi connectivity index (χ0v) is 14.0. The molecule has 5 nitrogen and oxygen atoms in total. The van der Waals surface area contributed by atoms with Crippen molar-refractivity contribution in [2.45, 2.75) is 31.4 Å². The maximum absolute atomic E-state index is 11.0. The molecule has 0 bridgehead atoms. The van der Waals surface area contributed by atoms with E-state index in [9.17, 15) is 13.2 Å². The van der Waals surface area contributed by atoms with Gasteiger partial charge in [-0.15, -0.1) is 0 Å². The zero-order valence-electron chi connectivity index (χ0n) is 13.2. The summed E-state index contributed by atoms with van der Waals surface area (Å²) in [5, 5.41) is 8.62. The zero-order chi connectivity index (χ0) is 17.2. The molecule has 0 radical (unpaired) electrons. The van der Waals surface area contributed by atoms with Crippen LogP contribution in [-0.2, 0) is 39.8 Å². The van der Waals surface area contributed by atoms with Gasteiger partial charge < -0.3 is 5.11 Å². The molecule has 4 rings (SSSR count). The van der Waals surface area contributed by atoms with Crippen LogP contribution in [0.3, 0.4) is 0 Å². The second-order valence-electron chi connectivity index (χ2n) is 6.05. The number of aliphatic carboxylic acids is 1. The summed E-state index contributed by atoms with van der Waals surface area (Å²) in [5.74, 6) is -0.638. The van der Waals surface area contributed by atoms with Gasteiger partial charge in [-0.1, -0.05) is 36.4 Å². The summed E-state index contributed by atoms with van der Waals surface area (Å²) < 4.78 is 24.4. The molecule has 1 aliphatic carbocycles. The normalized spacial score (nSPS) is 16.3. The summed E-state index contributed by atoms with van der Waals surface area (Å²) >= 11 is 0. The molecule has 0 unspecified atom stereocenters. The number of sulfonamides is 1. The van der Waals surface area contributed by atoms with Crippen LogP contribution in [0, 0.1) is 0 Å². The van der Waals surface area contributed by atoms with E-state index < -0.39 is 16.0 Å². The topological polar surface area (TPSA) is 83.5 Å². The second-order valence-corrected chi connectivity index (χ2v) is 7.77. The Bertz CT molecular complexity index is 843. The van der Waals surface area contributed by atoms with Gasteiger partial charge in [0.25, 0.3) is 0 Å². The maximum Gasteiger partial charge on any atom is 0.307 e. The molecule has 0 spiro atoms. The number of aryl methyl sites for hydroxylation is 2. The molecule has 2 aromatic rings. The van der Waals surface area contributed by atoms with E-state index in [0.717, 1.165) is 24.0 Å². The minimum Gasteiger partial charge on any atom is -0.481 e. The van der Waals surface area contributed by atoms with Crippen molar-refractivity contribution in [3.8, 4) is 0 Å². The first-order valence-corrected chi connectivity index (χ1v) is 9.49. The molecule has 126 valence electrons. The molecule has 2 N–H and O–H groups in total. The van der Waals surface area contributed by atoms with E-state index >= 15 is 0 Å². The predicted molar refractivity (Wildman–Crippen MR) is 92.5 cm³/mol. The number of fused-ring (bicyclic) bond motifs is 2. The molecule has 0 saturated carbocycles. The molecule has 1 aliphatic heterocycles. The Labute approximate surface area is 141 Å². The highest BCUT2D eigenvalue weighted by molar-refractivity contribution is 7.92. The number of carboxylic acid groups (broad SMARTS) is 1. The quantitative estimate of drug-likeness (QED) is 0.877. The number of hydrogen-bond acceptors (Lipinski definition) is 3. The SMILES string of the molecule is O=C(O)Cc1ccc2c(c1)CCC2.O=S1(=O)Cc2ccccc2N1. The lowest BCUT2D eigenvalue weighted by atomic mass is 10.0. The number of hydrogen-bond donors (Lipinski definition) is 2. The fourth-order valence-electron chi connectivity index (χ4n) is 3.06. The van der Waals surface area contributed by atoms with Crippen molar-refractivity contribution in [2.75, 3.05) is 4.72 Å². The lowest BCUT2D eigenvalue weighted by Crippen LogP contribution is -2.05. The molecule has 24 heavy (non-hydrogen) atoms. The number of para-hydroxylation sites is 1. The number of benzene rings is 2. The average molecular weight is 345 g/mol. The van der Waals surface area contributed by atoms with E-state index in [1.54, 1.807) is 6.07 Å². The average Bonchev–Trinajstić information content (AvgIpc) is 3.08. The molecule has 2 aliphatic rings. The van der Waals surface area contributed by atoms with Gasteiger partial charge in [-0.25, -0.2) is 8.42 Å². The Hall–Kier alpha value is -2.34. The van der Waals surface area contributed by atoms with Crippen molar-refractivity contribution < 1.29 is 18.3 Å². The number of anilines is 1. The summed E-state index contributed by atoms with van der Waals surface area (Å²) in [4.78, 5) is 10.5. The highest BCUT2D eigenvalue weighted by Gasteiger charge is 2.21. The van der Waals surface area contributed by atoms with Crippen molar-refractivity contribution in [3.05, 3.63) is 64.7 Å². The lowest BCUT2D eigenvalue weighted by molar-refractivity contribution is -0.136. The highest BCUT2D eigenvalue weighted by Crippen LogP contribution is 2.25. The van der Waals surface area contributed by atoms with Crippen molar-refractivity contribution in [1.82, 2.24) is 0 Å². The molecule has 6 heteroatoms. The van der Waals surface area contributed by atoms with Crippen LogP contribution in [0.15, 0.2) is 42.5 Å². The summed E-state index contributed by atoms with van der Waals surface area (Å²) in [7, 11) is -3.06. The fourth-order valence-corrected chi connectivity index (χ4v) is 4.33. The van der Waals surface area contributed by atoms with Crippen LogP contribution < -0.4 is 4.72 Å². The minimum atomic E-state index is -3.06. The Balaban J connectivity index is 0.000000143. The number of carboxylic acids is 1. The Morgan fingerprint density at radius 3 is 2.54 bits per heavy atom. The largest absolute Gasteiger partial charge is 0.481 e. The van der Waals surface area contributed by atoms with Gasteiger partial charge in [0, 0.05) is 0 Å². The van der Waals surface area contributed by atoms with Crippen LogP contribution in [0.5, 0.6) is 0 Å². The van der Waals surface area contributed by atoms with Crippen molar-refractivity contribution in [1.29, 1.82) is 0 Å². The van der Waals surface area contributed by atoms with E-state index in [1.165, 1.54) is 17.5 Å². The standard InChI is InChI=1S/C11H12O2.C7H7NO2S/c12-11(13)7-8-4-5-9-2-1-3-10(9)6-8;9-11(10)5-6-3-1-2-4-7(6)8-11/h4-6H,1-3,7H2,(H,12,13);1-4,8H,5H2. The molecule has 0 saturated heterocycles. The number of carbonyl (C=O) groups is 1. The molecular formula is C18H19NO4S. The van der Waals surface area contributed by atoms with Crippen LogP contribution in [0.1, 0.15) is 28.7 Å². The molecule has 2 aromatic carbocycles. The van der Waals surface area contributed by atoms with Crippen LogP contribution in [0.25, 0.3) is 0 Å². The molecule has 0 fully saturated rings. The molecule has 0 atom stereocenters. The summed E-state index contributed by atoms with van der Waals surface area (Å²) in [5.41, 5.74) is 5.24. The number of rotatable bonds is 2. The van der Waals surface area contributed by atoms with Gasteiger partial charge in [0.1, 0.15) is 0 Å².